The van der Waals surface area contributed by atoms with Crippen LogP contribution in [0, 0.1) is 32.1 Å². The molecule has 0 spiro atoms. The molecule has 2 unspecified atom stereocenters. The molecule has 0 aromatic rings. The van der Waals surface area contributed by atoms with E-state index in [1.807, 2.05) is 6.92 Å². The highest BCUT2D eigenvalue weighted by Crippen LogP contribution is 2.47. The van der Waals surface area contributed by atoms with E-state index < -0.39 is 0 Å². The first kappa shape index (κ1) is 9.72. The normalized spacial score (nSPS) is 33.9. The third-order valence-electron chi connectivity index (χ3n) is 2.34. The molecule has 12 heavy (non-hydrogen) atoms. The van der Waals surface area contributed by atoms with Gasteiger partial charge in [-0.05, 0) is 33.1 Å². The minimum absolute atomic E-state index is 0.0148. The monoisotopic (exact) mass is 166 g/mol. The van der Waals surface area contributed by atoms with Crippen LogP contribution in [-0.4, -0.2) is 18.5 Å². The lowest BCUT2D eigenvalue weighted by atomic mass is 10.0. The summed E-state index contributed by atoms with van der Waals surface area (Å²) in [6.07, 6.45) is 2.29. The molecule has 4 radical (unpaired) electrons. The first-order valence-corrected chi connectivity index (χ1v) is 3.94. The quantitative estimate of drug-likeness (QED) is 0.631. The first-order valence-electron chi connectivity index (χ1n) is 3.94. The predicted octanol–water partition coefficient (Wildman–Crippen LogP) is 1.43. The van der Waals surface area contributed by atoms with Gasteiger partial charge >= 0.3 is 0 Å². The van der Waals surface area contributed by atoms with Crippen molar-refractivity contribution in [2.45, 2.75) is 18.9 Å². The Morgan fingerprint density at radius 1 is 1.67 bits per heavy atom. The molecule has 2 atom stereocenters. The summed E-state index contributed by atoms with van der Waals surface area (Å²) in [4.78, 5) is 11.4. The number of carbonyl (C=O) groups excluding carboxylic acids is 1. The summed E-state index contributed by atoms with van der Waals surface area (Å²) in [6, 6.07) is 0. The van der Waals surface area contributed by atoms with Crippen molar-refractivity contribution in [2.24, 2.45) is 5.92 Å². The van der Waals surface area contributed by atoms with Gasteiger partial charge in [0.2, 0.25) is 0 Å². The van der Waals surface area contributed by atoms with Crippen molar-refractivity contribution in [3.05, 3.63) is 26.2 Å². The molecule has 1 saturated carbocycles. The number of hydrogen-bond donors (Lipinski definition) is 0. The van der Waals surface area contributed by atoms with Gasteiger partial charge in [0.05, 0.1) is 5.60 Å². The van der Waals surface area contributed by atoms with Gasteiger partial charge in [-0.3, -0.25) is 4.79 Å². The molecule has 2 nitrogen and oxygen atoms in total. The number of hydrogen-bond acceptors (Lipinski definition) is 2. The second kappa shape index (κ2) is 3.17. The molecule has 66 valence electrons. The van der Waals surface area contributed by atoms with Crippen molar-refractivity contribution >= 4 is 5.78 Å². The van der Waals surface area contributed by atoms with Crippen molar-refractivity contribution in [1.82, 2.24) is 0 Å². The van der Waals surface area contributed by atoms with Crippen LogP contribution in [0.15, 0.2) is 0 Å². The van der Waals surface area contributed by atoms with Gasteiger partial charge in [-0.2, -0.15) is 0 Å². The molecular formula is C10H14O2. The first-order chi connectivity index (χ1) is 5.49. The molecule has 1 aliphatic rings. The molecule has 2 heteroatoms. The highest BCUT2D eigenvalue weighted by atomic mass is 16.5. The maximum atomic E-state index is 11.4. The van der Waals surface area contributed by atoms with E-state index >= 15 is 0 Å². The molecule has 0 amide bonds. The van der Waals surface area contributed by atoms with E-state index in [0.717, 1.165) is 6.42 Å². The zero-order valence-corrected chi connectivity index (χ0v) is 7.59. The maximum Gasteiger partial charge on any atom is 0.143 e. The highest BCUT2D eigenvalue weighted by molar-refractivity contribution is 5.95. The van der Waals surface area contributed by atoms with E-state index in [1.165, 1.54) is 6.42 Å². The SMILES string of the molecule is [CH2][C]([CH2])[CH]C(=O)C1CC1(C)OC. The van der Waals surface area contributed by atoms with Crippen LogP contribution in [0.4, 0.5) is 0 Å². The predicted molar refractivity (Wildman–Crippen MR) is 46.8 cm³/mol. The van der Waals surface area contributed by atoms with E-state index in [4.69, 9.17) is 4.74 Å². The average molecular weight is 166 g/mol. The standard InChI is InChI=1S/C10H14O2/c1-7(2)5-9(11)8-6-10(8,3)12-4/h5,8H,1-2,6H2,3-4H3. The second-order valence-electron chi connectivity index (χ2n) is 3.48. The van der Waals surface area contributed by atoms with Crippen LogP contribution in [0.3, 0.4) is 0 Å². The summed E-state index contributed by atoms with van der Waals surface area (Å²) in [7, 11) is 1.63. The van der Waals surface area contributed by atoms with E-state index in [2.05, 4.69) is 13.8 Å². The number of Topliss-reactive ketones (excluding diaryl/α,β-unsaturated/α-hetero) is 1. The summed E-state index contributed by atoms with van der Waals surface area (Å²) in [5.74, 6) is 0.658. The molecule has 0 saturated heterocycles. The topological polar surface area (TPSA) is 26.3 Å². The van der Waals surface area contributed by atoms with Crippen molar-refractivity contribution in [1.29, 1.82) is 0 Å². The maximum absolute atomic E-state index is 11.4. The molecule has 0 aromatic heterocycles. The zero-order chi connectivity index (χ0) is 9.35. The Labute approximate surface area is 74.3 Å². The molecule has 1 rings (SSSR count). The zero-order valence-electron chi connectivity index (χ0n) is 7.59. The van der Waals surface area contributed by atoms with Gasteiger partial charge < -0.3 is 4.74 Å². The van der Waals surface area contributed by atoms with Crippen LogP contribution in [0.2, 0.25) is 0 Å². The Bertz CT molecular complexity index is 186. The number of ether oxygens (including phenoxy) is 1. The number of ketones is 1. The van der Waals surface area contributed by atoms with Gasteiger partial charge in [-0.25, -0.2) is 0 Å². The lowest BCUT2D eigenvalue weighted by Crippen LogP contribution is -2.16. The Balaban J connectivity index is 2.38. The largest absolute Gasteiger partial charge is 0.378 e. The summed E-state index contributed by atoms with van der Waals surface area (Å²) < 4.78 is 5.17. The molecule has 0 bridgehead atoms. The smallest absolute Gasteiger partial charge is 0.143 e. The minimum atomic E-state index is -0.233. The average Bonchev–Trinajstić information content (AvgIpc) is 2.62. The molecule has 0 N–H and O–H groups in total. The van der Waals surface area contributed by atoms with E-state index in [1.54, 1.807) is 7.11 Å². The Kier molecular flexibility index (Phi) is 2.57. The van der Waals surface area contributed by atoms with Gasteiger partial charge in [0, 0.05) is 19.4 Å². The number of rotatable bonds is 4. The fourth-order valence-electron chi connectivity index (χ4n) is 1.28. The summed E-state index contributed by atoms with van der Waals surface area (Å²) >= 11 is 0. The number of methoxy groups -OCH3 is 1. The summed E-state index contributed by atoms with van der Waals surface area (Å²) in [5, 5.41) is 0. The molecule has 1 aliphatic carbocycles. The van der Waals surface area contributed by atoms with E-state index in [9.17, 15) is 4.79 Å². The second-order valence-corrected chi connectivity index (χ2v) is 3.48. The lowest BCUT2D eigenvalue weighted by molar-refractivity contribution is -0.118. The summed E-state index contributed by atoms with van der Waals surface area (Å²) in [5.41, 5.74) is -0.233. The Morgan fingerprint density at radius 2 is 2.25 bits per heavy atom. The van der Waals surface area contributed by atoms with Crippen LogP contribution in [0.25, 0.3) is 0 Å². The Hall–Kier alpha value is -0.370. The fraction of sp³-hybridized carbons (Fsp3) is 0.500. The van der Waals surface area contributed by atoms with Gasteiger partial charge in [-0.15, -0.1) is 0 Å². The van der Waals surface area contributed by atoms with Crippen LogP contribution in [0.1, 0.15) is 13.3 Å². The lowest BCUT2D eigenvalue weighted by Gasteiger charge is -2.08. The van der Waals surface area contributed by atoms with Crippen molar-refractivity contribution in [3.8, 4) is 0 Å². The van der Waals surface area contributed by atoms with E-state index in [-0.39, 0.29) is 17.3 Å². The van der Waals surface area contributed by atoms with Gasteiger partial charge in [-0.1, -0.05) is 0 Å². The van der Waals surface area contributed by atoms with Gasteiger partial charge in [0.15, 0.2) is 0 Å². The van der Waals surface area contributed by atoms with E-state index in [0.29, 0.717) is 5.92 Å². The number of carbonyl (C=O) groups is 1. The third-order valence-corrected chi connectivity index (χ3v) is 2.34. The van der Waals surface area contributed by atoms with Crippen LogP contribution in [-0.2, 0) is 9.53 Å². The molecule has 1 fully saturated rings. The summed E-state index contributed by atoms with van der Waals surface area (Å²) in [6.45, 7) is 9.04. The molecule has 0 aliphatic heterocycles. The highest BCUT2D eigenvalue weighted by Gasteiger charge is 2.54. The Morgan fingerprint density at radius 3 is 2.58 bits per heavy atom. The molecule has 0 heterocycles. The van der Waals surface area contributed by atoms with Crippen molar-refractivity contribution < 1.29 is 9.53 Å². The van der Waals surface area contributed by atoms with Gasteiger partial charge in [0.1, 0.15) is 5.78 Å². The molecule has 0 aromatic carbocycles. The van der Waals surface area contributed by atoms with Gasteiger partial charge in [0.25, 0.3) is 0 Å². The third kappa shape index (κ3) is 1.86. The van der Waals surface area contributed by atoms with Crippen LogP contribution >= 0.6 is 0 Å². The van der Waals surface area contributed by atoms with Crippen molar-refractivity contribution in [2.75, 3.05) is 7.11 Å². The van der Waals surface area contributed by atoms with Crippen LogP contribution < -0.4 is 0 Å². The molecular weight excluding hydrogens is 152 g/mol. The minimum Gasteiger partial charge on any atom is -0.378 e. The fourth-order valence-corrected chi connectivity index (χ4v) is 1.28. The van der Waals surface area contributed by atoms with Crippen LogP contribution in [0.5, 0.6) is 0 Å². The van der Waals surface area contributed by atoms with Crippen molar-refractivity contribution in [3.63, 3.8) is 0 Å².